The summed E-state index contributed by atoms with van der Waals surface area (Å²) in [5.41, 5.74) is 0.0932. The molecule has 0 aromatic heterocycles. The van der Waals surface area contributed by atoms with Crippen LogP contribution in [-0.4, -0.2) is 60.2 Å². The smallest absolute Gasteiger partial charge is 0.410 e. The molecule has 0 N–H and O–H groups in total. The number of nitrogens with zero attached hydrogens (tertiary/aromatic N) is 2. The van der Waals surface area contributed by atoms with E-state index in [2.05, 4.69) is 0 Å². The van der Waals surface area contributed by atoms with Crippen LogP contribution in [0.25, 0.3) is 0 Å². The molecular formula is C18H26N2O4. The normalized spacial score (nSPS) is 15.2. The van der Waals surface area contributed by atoms with Crippen LogP contribution in [0.2, 0.25) is 0 Å². The Hall–Kier alpha value is -2.24. The fourth-order valence-electron chi connectivity index (χ4n) is 2.49. The summed E-state index contributed by atoms with van der Waals surface area (Å²) in [6, 6.07) is 7.19. The maximum absolute atomic E-state index is 12.6. The van der Waals surface area contributed by atoms with E-state index in [4.69, 9.17) is 9.47 Å². The first kappa shape index (κ1) is 18.1. The summed E-state index contributed by atoms with van der Waals surface area (Å²) >= 11 is 0. The quantitative estimate of drug-likeness (QED) is 0.853. The molecule has 6 nitrogen and oxygen atoms in total. The predicted molar refractivity (Wildman–Crippen MR) is 91.3 cm³/mol. The highest BCUT2D eigenvalue weighted by molar-refractivity contribution is 5.94. The number of piperazine rings is 1. The highest BCUT2D eigenvalue weighted by Crippen LogP contribution is 2.17. The predicted octanol–water partition coefficient (Wildman–Crippen LogP) is 2.78. The fraction of sp³-hybridized carbons (Fsp3) is 0.556. The van der Waals surface area contributed by atoms with E-state index in [1.54, 1.807) is 21.9 Å². The lowest BCUT2D eigenvalue weighted by atomic mass is 10.1. The summed E-state index contributed by atoms with van der Waals surface area (Å²) in [5, 5.41) is 0. The minimum Gasteiger partial charge on any atom is -0.494 e. The lowest BCUT2D eigenvalue weighted by Gasteiger charge is -2.35. The first-order valence-corrected chi connectivity index (χ1v) is 8.30. The SMILES string of the molecule is CCOc1cccc(C(=O)N2CCN(C(=O)OC(C)(C)C)CC2)c1. The molecule has 24 heavy (non-hydrogen) atoms. The van der Waals surface area contributed by atoms with Crippen LogP contribution in [0.3, 0.4) is 0 Å². The molecule has 1 heterocycles. The van der Waals surface area contributed by atoms with Gasteiger partial charge in [-0.05, 0) is 45.9 Å². The second-order valence-corrected chi connectivity index (χ2v) is 6.72. The maximum atomic E-state index is 12.6. The number of carbonyl (C=O) groups excluding carboxylic acids is 2. The molecule has 0 radical (unpaired) electrons. The van der Waals surface area contributed by atoms with E-state index in [1.165, 1.54) is 0 Å². The van der Waals surface area contributed by atoms with Crippen LogP contribution in [0, 0.1) is 0 Å². The third kappa shape index (κ3) is 4.88. The summed E-state index contributed by atoms with van der Waals surface area (Å²) in [6.45, 7) is 9.95. The van der Waals surface area contributed by atoms with Crippen molar-refractivity contribution in [3.63, 3.8) is 0 Å². The lowest BCUT2D eigenvalue weighted by Crippen LogP contribution is -2.51. The number of hydrogen-bond donors (Lipinski definition) is 0. The summed E-state index contributed by atoms with van der Waals surface area (Å²) in [4.78, 5) is 28.1. The summed E-state index contributed by atoms with van der Waals surface area (Å²) in [7, 11) is 0. The summed E-state index contributed by atoms with van der Waals surface area (Å²) in [5.74, 6) is 0.649. The Morgan fingerprint density at radius 3 is 2.29 bits per heavy atom. The van der Waals surface area contributed by atoms with E-state index in [-0.39, 0.29) is 12.0 Å². The van der Waals surface area contributed by atoms with Crippen molar-refractivity contribution < 1.29 is 19.1 Å². The monoisotopic (exact) mass is 334 g/mol. The van der Waals surface area contributed by atoms with Crippen molar-refractivity contribution in [1.29, 1.82) is 0 Å². The Bertz CT molecular complexity index is 587. The summed E-state index contributed by atoms with van der Waals surface area (Å²) < 4.78 is 10.8. The zero-order valence-electron chi connectivity index (χ0n) is 14.9. The van der Waals surface area contributed by atoms with Crippen molar-refractivity contribution in [2.45, 2.75) is 33.3 Å². The van der Waals surface area contributed by atoms with Crippen LogP contribution in [0.5, 0.6) is 5.75 Å². The number of carbonyl (C=O) groups is 2. The van der Waals surface area contributed by atoms with E-state index >= 15 is 0 Å². The van der Waals surface area contributed by atoms with Crippen LogP contribution in [-0.2, 0) is 4.74 Å². The molecule has 1 aliphatic rings. The van der Waals surface area contributed by atoms with Crippen molar-refractivity contribution in [1.82, 2.24) is 9.80 Å². The van der Waals surface area contributed by atoms with Gasteiger partial charge in [0.1, 0.15) is 11.4 Å². The molecule has 0 unspecified atom stereocenters. The third-order valence-electron chi connectivity index (χ3n) is 3.61. The van der Waals surface area contributed by atoms with Gasteiger partial charge in [0, 0.05) is 31.7 Å². The van der Waals surface area contributed by atoms with Gasteiger partial charge < -0.3 is 19.3 Å². The van der Waals surface area contributed by atoms with E-state index in [1.807, 2.05) is 39.8 Å². The highest BCUT2D eigenvalue weighted by Gasteiger charge is 2.28. The van der Waals surface area contributed by atoms with Crippen molar-refractivity contribution in [2.75, 3.05) is 32.8 Å². The van der Waals surface area contributed by atoms with E-state index < -0.39 is 5.60 Å². The van der Waals surface area contributed by atoms with E-state index in [0.717, 1.165) is 0 Å². The van der Waals surface area contributed by atoms with E-state index in [0.29, 0.717) is 44.1 Å². The Morgan fingerprint density at radius 1 is 1.08 bits per heavy atom. The molecule has 0 aliphatic carbocycles. The molecule has 1 aromatic carbocycles. The first-order valence-electron chi connectivity index (χ1n) is 8.30. The molecule has 0 bridgehead atoms. The van der Waals surface area contributed by atoms with Gasteiger partial charge in [-0.1, -0.05) is 6.07 Å². The molecule has 0 atom stereocenters. The van der Waals surface area contributed by atoms with Crippen LogP contribution in [0.15, 0.2) is 24.3 Å². The molecule has 1 saturated heterocycles. The molecular weight excluding hydrogens is 308 g/mol. The molecule has 1 aromatic rings. The standard InChI is InChI=1S/C18H26N2O4/c1-5-23-15-8-6-7-14(13-15)16(21)19-9-11-20(12-10-19)17(22)24-18(2,3)4/h6-8,13H,5,9-12H2,1-4H3. The van der Waals surface area contributed by atoms with Gasteiger partial charge in [0.05, 0.1) is 6.61 Å². The molecule has 1 fully saturated rings. The van der Waals surface area contributed by atoms with Crippen molar-refractivity contribution >= 4 is 12.0 Å². The fourth-order valence-corrected chi connectivity index (χ4v) is 2.49. The van der Waals surface area contributed by atoms with Gasteiger partial charge in [0.25, 0.3) is 5.91 Å². The zero-order chi connectivity index (χ0) is 17.7. The highest BCUT2D eigenvalue weighted by atomic mass is 16.6. The lowest BCUT2D eigenvalue weighted by molar-refractivity contribution is 0.0141. The van der Waals surface area contributed by atoms with Gasteiger partial charge in [0.2, 0.25) is 0 Å². The van der Waals surface area contributed by atoms with Crippen LogP contribution >= 0.6 is 0 Å². The van der Waals surface area contributed by atoms with Gasteiger partial charge in [-0.25, -0.2) is 4.79 Å². The Labute approximate surface area is 143 Å². The number of hydrogen-bond acceptors (Lipinski definition) is 4. The number of ether oxygens (including phenoxy) is 2. The minimum absolute atomic E-state index is 0.0413. The topological polar surface area (TPSA) is 59.1 Å². The number of rotatable bonds is 3. The molecule has 0 spiro atoms. The van der Waals surface area contributed by atoms with Crippen molar-refractivity contribution in [3.05, 3.63) is 29.8 Å². The average Bonchev–Trinajstić information content (AvgIpc) is 2.53. The van der Waals surface area contributed by atoms with Gasteiger partial charge in [-0.15, -0.1) is 0 Å². The largest absolute Gasteiger partial charge is 0.494 e. The Morgan fingerprint density at radius 2 is 1.71 bits per heavy atom. The Kier molecular flexibility index (Phi) is 5.70. The van der Waals surface area contributed by atoms with Crippen LogP contribution in [0.4, 0.5) is 4.79 Å². The molecule has 2 rings (SSSR count). The molecule has 1 aliphatic heterocycles. The molecule has 2 amide bonds. The van der Waals surface area contributed by atoms with Crippen LogP contribution < -0.4 is 4.74 Å². The van der Waals surface area contributed by atoms with Crippen molar-refractivity contribution in [3.8, 4) is 5.75 Å². The average molecular weight is 334 g/mol. The number of benzene rings is 1. The van der Waals surface area contributed by atoms with Gasteiger partial charge in [-0.3, -0.25) is 4.79 Å². The minimum atomic E-state index is -0.510. The third-order valence-corrected chi connectivity index (χ3v) is 3.61. The second kappa shape index (κ2) is 7.55. The Balaban J connectivity index is 1.93. The number of amides is 2. The second-order valence-electron chi connectivity index (χ2n) is 6.72. The summed E-state index contributed by atoms with van der Waals surface area (Å²) in [6.07, 6.45) is -0.326. The maximum Gasteiger partial charge on any atom is 0.410 e. The van der Waals surface area contributed by atoms with Gasteiger partial charge in [-0.2, -0.15) is 0 Å². The molecule has 132 valence electrons. The van der Waals surface area contributed by atoms with Gasteiger partial charge >= 0.3 is 6.09 Å². The van der Waals surface area contributed by atoms with E-state index in [9.17, 15) is 9.59 Å². The van der Waals surface area contributed by atoms with Crippen LogP contribution in [0.1, 0.15) is 38.1 Å². The molecule has 0 saturated carbocycles. The molecule has 6 heteroatoms. The zero-order valence-corrected chi connectivity index (χ0v) is 14.9. The van der Waals surface area contributed by atoms with Crippen molar-refractivity contribution in [2.24, 2.45) is 0 Å². The first-order chi connectivity index (χ1) is 11.3. The van der Waals surface area contributed by atoms with Gasteiger partial charge in [0.15, 0.2) is 0 Å².